The fourth-order valence-electron chi connectivity index (χ4n) is 3.67. The van der Waals surface area contributed by atoms with Crippen LogP contribution in [-0.2, 0) is 4.79 Å². The van der Waals surface area contributed by atoms with Crippen LogP contribution in [0.4, 0.5) is 4.79 Å². The minimum Gasteiger partial charge on any atom is -0.329 e. The van der Waals surface area contributed by atoms with Crippen LogP contribution in [-0.4, -0.2) is 45.2 Å². The molecule has 2 heterocycles. The molecule has 8 heteroatoms. The zero-order valence-electron chi connectivity index (χ0n) is 17.5. The monoisotopic (exact) mass is 436 g/mol. The molecule has 0 radical (unpaired) electrons. The minimum atomic E-state index is -0.346. The molecule has 0 aliphatic carbocycles. The molecule has 1 aliphatic rings. The van der Waals surface area contributed by atoms with Crippen LogP contribution in [0.5, 0.6) is 0 Å². The number of rotatable bonds is 7. The van der Waals surface area contributed by atoms with Gasteiger partial charge in [0.05, 0.1) is 23.1 Å². The lowest BCUT2D eigenvalue weighted by molar-refractivity contribution is -0.124. The van der Waals surface area contributed by atoms with Gasteiger partial charge in [-0.25, -0.2) is 9.78 Å². The highest BCUT2D eigenvalue weighted by molar-refractivity contribution is 7.99. The number of carbonyl (C=O) groups excluding carboxylic acids is 2. The van der Waals surface area contributed by atoms with E-state index in [0.29, 0.717) is 34.8 Å². The van der Waals surface area contributed by atoms with E-state index < -0.39 is 0 Å². The van der Waals surface area contributed by atoms with Crippen molar-refractivity contribution < 1.29 is 9.59 Å². The van der Waals surface area contributed by atoms with Gasteiger partial charge in [-0.1, -0.05) is 55.9 Å². The molecule has 0 unspecified atom stereocenters. The van der Waals surface area contributed by atoms with Crippen molar-refractivity contribution in [3.05, 3.63) is 64.4 Å². The number of para-hydroxylation sites is 2. The van der Waals surface area contributed by atoms with Crippen molar-refractivity contribution >= 4 is 34.6 Å². The van der Waals surface area contributed by atoms with E-state index in [2.05, 4.69) is 19.2 Å². The van der Waals surface area contributed by atoms with Crippen LogP contribution in [0.15, 0.2) is 58.5 Å². The van der Waals surface area contributed by atoms with Gasteiger partial charge in [-0.05, 0) is 36.1 Å². The third-order valence-electron chi connectivity index (χ3n) is 5.24. The lowest BCUT2D eigenvalue weighted by atomic mass is 10.0. The van der Waals surface area contributed by atoms with E-state index in [0.717, 1.165) is 11.3 Å². The number of urea groups is 1. The number of aromatic nitrogens is 2. The number of nitrogens with one attached hydrogen (secondary N) is 1. The van der Waals surface area contributed by atoms with Crippen LogP contribution in [0, 0.1) is 0 Å². The van der Waals surface area contributed by atoms with Crippen molar-refractivity contribution in [3.8, 4) is 5.69 Å². The molecule has 1 aliphatic heterocycles. The van der Waals surface area contributed by atoms with E-state index in [9.17, 15) is 14.4 Å². The summed E-state index contributed by atoms with van der Waals surface area (Å²) in [7, 11) is 0. The SMILES string of the molecule is CC(C)c1ccccc1-n1c(SCCCN2C(=O)CNC2=O)nc2ccccc2c1=O. The second kappa shape index (κ2) is 8.93. The Bertz CT molecular complexity index is 1190. The number of amides is 3. The molecule has 7 nitrogen and oxygen atoms in total. The van der Waals surface area contributed by atoms with Crippen LogP contribution in [0.2, 0.25) is 0 Å². The summed E-state index contributed by atoms with van der Waals surface area (Å²) in [6, 6.07) is 14.9. The standard InChI is InChI=1S/C23H24N4O3S/c1-15(2)16-8-4-6-11-19(16)27-21(29)17-9-3-5-10-18(17)25-23(27)31-13-7-12-26-20(28)14-24-22(26)30/h3-6,8-11,15H,7,12-14H2,1-2H3,(H,24,30). The van der Waals surface area contributed by atoms with Crippen LogP contribution < -0.4 is 10.9 Å². The van der Waals surface area contributed by atoms with E-state index in [4.69, 9.17) is 4.98 Å². The van der Waals surface area contributed by atoms with Gasteiger partial charge in [-0.15, -0.1) is 0 Å². The molecule has 160 valence electrons. The molecule has 0 bridgehead atoms. The number of imide groups is 1. The molecule has 2 aromatic carbocycles. The van der Waals surface area contributed by atoms with Crippen molar-refractivity contribution in [3.63, 3.8) is 0 Å². The molecule has 0 saturated carbocycles. The van der Waals surface area contributed by atoms with Crippen LogP contribution in [0.25, 0.3) is 16.6 Å². The average Bonchev–Trinajstić information content (AvgIpc) is 3.09. The molecule has 0 spiro atoms. The number of carbonyl (C=O) groups is 2. The summed E-state index contributed by atoms with van der Waals surface area (Å²) in [5.41, 5.74) is 2.46. The fraction of sp³-hybridized carbons (Fsp3) is 0.304. The maximum Gasteiger partial charge on any atom is 0.324 e. The van der Waals surface area contributed by atoms with Gasteiger partial charge in [0, 0.05) is 12.3 Å². The van der Waals surface area contributed by atoms with Crippen LogP contribution >= 0.6 is 11.8 Å². The van der Waals surface area contributed by atoms with Gasteiger partial charge in [0.2, 0.25) is 5.91 Å². The van der Waals surface area contributed by atoms with Crippen molar-refractivity contribution in [1.82, 2.24) is 19.8 Å². The Hall–Kier alpha value is -3.13. The zero-order chi connectivity index (χ0) is 22.0. The Balaban J connectivity index is 1.68. The number of fused-ring (bicyclic) bond motifs is 1. The Morgan fingerprint density at radius 3 is 2.55 bits per heavy atom. The van der Waals surface area contributed by atoms with Gasteiger partial charge in [-0.2, -0.15) is 0 Å². The maximum absolute atomic E-state index is 13.5. The topological polar surface area (TPSA) is 84.3 Å². The summed E-state index contributed by atoms with van der Waals surface area (Å²) in [6.45, 7) is 4.61. The predicted molar refractivity (Wildman–Crippen MR) is 122 cm³/mol. The van der Waals surface area contributed by atoms with E-state index in [-0.39, 0.29) is 30.0 Å². The molecular formula is C23H24N4O3S. The van der Waals surface area contributed by atoms with Crippen molar-refractivity contribution in [1.29, 1.82) is 0 Å². The number of thioether (sulfide) groups is 1. The van der Waals surface area contributed by atoms with Gasteiger partial charge in [0.1, 0.15) is 0 Å². The van der Waals surface area contributed by atoms with Crippen LogP contribution in [0.3, 0.4) is 0 Å². The average molecular weight is 437 g/mol. The lowest BCUT2D eigenvalue weighted by Gasteiger charge is -2.18. The van der Waals surface area contributed by atoms with Crippen LogP contribution in [0.1, 0.15) is 31.7 Å². The molecule has 1 N–H and O–H groups in total. The molecule has 4 rings (SSSR count). The first kappa shape index (κ1) is 21.1. The molecule has 3 amide bonds. The first-order valence-electron chi connectivity index (χ1n) is 10.3. The van der Waals surface area contributed by atoms with E-state index in [1.165, 1.54) is 16.7 Å². The van der Waals surface area contributed by atoms with Gasteiger partial charge >= 0.3 is 6.03 Å². The summed E-state index contributed by atoms with van der Waals surface area (Å²) < 4.78 is 1.69. The quantitative estimate of drug-likeness (QED) is 0.265. The third-order valence-corrected chi connectivity index (χ3v) is 6.26. The van der Waals surface area contributed by atoms with Crippen molar-refractivity contribution in [2.24, 2.45) is 0 Å². The van der Waals surface area contributed by atoms with E-state index in [1.54, 1.807) is 10.6 Å². The molecule has 1 aromatic heterocycles. The highest BCUT2D eigenvalue weighted by Gasteiger charge is 2.27. The van der Waals surface area contributed by atoms with Crippen molar-refractivity contribution in [2.75, 3.05) is 18.8 Å². The summed E-state index contributed by atoms with van der Waals surface area (Å²) in [5.74, 6) is 0.653. The number of hydrogen-bond acceptors (Lipinski definition) is 5. The molecule has 0 atom stereocenters. The number of benzene rings is 2. The zero-order valence-corrected chi connectivity index (χ0v) is 18.3. The highest BCUT2D eigenvalue weighted by Crippen LogP contribution is 2.27. The molecule has 31 heavy (non-hydrogen) atoms. The Kier molecular flexibility index (Phi) is 6.08. The summed E-state index contributed by atoms with van der Waals surface area (Å²) in [4.78, 5) is 42.9. The summed E-state index contributed by atoms with van der Waals surface area (Å²) >= 11 is 1.46. The largest absolute Gasteiger partial charge is 0.329 e. The Morgan fingerprint density at radius 2 is 1.81 bits per heavy atom. The molecular weight excluding hydrogens is 412 g/mol. The van der Waals surface area contributed by atoms with Gasteiger partial charge in [0.25, 0.3) is 5.56 Å². The predicted octanol–water partition coefficient (Wildman–Crippen LogP) is 3.54. The third kappa shape index (κ3) is 4.20. The number of nitrogens with zero attached hydrogens (tertiary/aromatic N) is 3. The summed E-state index contributed by atoms with van der Waals surface area (Å²) in [5, 5.41) is 3.71. The molecule has 1 fully saturated rings. The second-order valence-corrected chi connectivity index (χ2v) is 8.73. The van der Waals surface area contributed by atoms with Gasteiger partial charge in [0.15, 0.2) is 5.16 Å². The van der Waals surface area contributed by atoms with Gasteiger partial charge in [-0.3, -0.25) is 19.1 Å². The fourth-order valence-corrected chi connectivity index (χ4v) is 4.60. The van der Waals surface area contributed by atoms with E-state index >= 15 is 0 Å². The van der Waals surface area contributed by atoms with Gasteiger partial charge < -0.3 is 5.32 Å². The Morgan fingerprint density at radius 1 is 1.06 bits per heavy atom. The molecule has 3 aromatic rings. The first-order valence-corrected chi connectivity index (χ1v) is 11.3. The van der Waals surface area contributed by atoms with E-state index in [1.807, 2.05) is 42.5 Å². The summed E-state index contributed by atoms with van der Waals surface area (Å²) in [6.07, 6.45) is 0.609. The highest BCUT2D eigenvalue weighted by atomic mass is 32.2. The maximum atomic E-state index is 13.5. The normalized spacial score (nSPS) is 14.0. The van der Waals surface area contributed by atoms with Crippen molar-refractivity contribution in [2.45, 2.75) is 31.3 Å². The number of hydrogen-bond donors (Lipinski definition) is 1. The lowest BCUT2D eigenvalue weighted by Crippen LogP contribution is -2.32. The Labute approximate surface area is 184 Å². The smallest absolute Gasteiger partial charge is 0.324 e. The first-order chi connectivity index (χ1) is 15.0. The minimum absolute atomic E-state index is 0.0593. The molecule has 1 saturated heterocycles. The second-order valence-electron chi connectivity index (χ2n) is 7.67.